The summed E-state index contributed by atoms with van der Waals surface area (Å²) in [5, 5.41) is 3.10. The van der Waals surface area contributed by atoms with E-state index in [1.165, 1.54) is 0 Å². The SMILES string of the molecule is C=CCN(C)C(=O)CCNCC. The van der Waals surface area contributed by atoms with E-state index >= 15 is 0 Å². The Labute approximate surface area is 74.4 Å². The van der Waals surface area contributed by atoms with Crippen LogP contribution in [0.4, 0.5) is 0 Å². The minimum Gasteiger partial charge on any atom is -0.342 e. The maximum Gasteiger partial charge on any atom is 0.223 e. The Bertz CT molecular complexity index is 145. The average Bonchev–Trinajstić information content (AvgIpc) is 2.05. The molecule has 0 rings (SSSR count). The molecular formula is C9H18N2O. The molecule has 12 heavy (non-hydrogen) atoms. The first-order valence-corrected chi connectivity index (χ1v) is 4.28. The van der Waals surface area contributed by atoms with Gasteiger partial charge >= 0.3 is 0 Å². The summed E-state index contributed by atoms with van der Waals surface area (Å²) in [5.41, 5.74) is 0. The molecule has 0 atom stereocenters. The van der Waals surface area contributed by atoms with Gasteiger partial charge in [0.05, 0.1) is 0 Å². The van der Waals surface area contributed by atoms with Gasteiger partial charge < -0.3 is 10.2 Å². The molecule has 1 N–H and O–H groups in total. The largest absolute Gasteiger partial charge is 0.342 e. The van der Waals surface area contributed by atoms with E-state index in [1.807, 2.05) is 6.92 Å². The van der Waals surface area contributed by atoms with Crippen molar-refractivity contribution < 1.29 is 4.79 Å². The lowest BCUT2D eigenvalue weighted by atomic mass is 10.3. The van der Waals surface area contributed by atoms with Crippen LogP contribution in [-0.4, -0.2) is 37.5 Å². The van der Waals surface area contributed by atoms with Crippen molar-refractivity contribution in [3.05, 3.63) is 12.7 Å². The standard InChI is InChI=1S/C9H18N2O/c1-4-8-11(3)9(12)6-7-10-5-2/h4,10H,1,5-8H2,2-3H3. The van der Waals surface area contributed by atoms with Crippen LogP contribution in [-0.2, 0) is 4.79 Å². The number of hydrogen-bond acceptors (Lipinski definition) is 2. The van der Waals surface area contributed by atoms with Crippen LogP contribution in [0.1, 0.15) is 13.3 Å². The molecular weight excluding hydrogens is 152 g/mol. The number of nitrogens with one attached hydrogen (secondary N) is 1. The zero-order chi connectivity index (χ0) is 9.40. The van der Waals surface area contributed by atoms with E-state index in [-0.39, 0.29) is 5.91 Å². The third-order valence-electron chi connectivity index (χ3n) is 1.59. The summed E-state index contributed by atoms with van der Waals surface area (Å²) in [6.45, 7) is 7.90. The molecule has 0 aliphatic rings. The van der Waals surface area contributed by atoms with Crippen LogP contribution in [0.5, 0.6) is 0 Å². The van der Waals surface area contributed by atoms with Crippen LogP contribution in [0.25, 0.3) is 0 Å². The van der Waals surface area contributed by atoms with Gasteiger partial charge in [-0.1, -0.05) is 13.0 Å². The summed E-state index contributed by atoms with van der Waals surface area (Å²) in [4.78, 5) is 12.9. The molecule has 0 radical (unpaired) electrons. The molecule has 0 aromatic heterocycles. The van der Waals surface area contributed by atoms with Crippen molar-refractivity contribution in [3.63, 3.8) is 0 Å². The molecule has 0 heterocycles. The zero-order valence-electron chi connectivity index (χ0n) is 7.97. The van der Waals surface area contributed by atoms with E-state index in [2.05, 4.69) is 11.9 Å². The average molecular weight is 170 g/mol. The summed E-state index contributed by atoms with van der Waals surface area (Å²) >= 11 is 0. The molecule has 70 valence electrons. The quantitative estimate of drug-likeness (QED) is 0.468. The molecule has 3 heteroatoms. The minimum absolute atomic E-state index is 0.163. The summed E-state index contributed by atoms with van der Waals surface area (Å²) in [5.74, 6) is 0.163. The van der Waals surface area contributed by atoms with E-state index < -0.39 is 0 Å². The Hall–Kier alpha value is -0.830. The number of carbonyl (C=O) groups excluding carboxylic acids is 1. The molecule has 0 aromatic carbocycles. The minimum atomic E-state index is 0.163. The first-order valence-electron chi connectivity index (χ1n) is 4.28. The molecule has 1 amide bonds. The van der Waals surface area contributed by atoms with E-state index in [4.69, 9.17) is 0 Å². The van der Waals surface area contributed by atoms with Gasteiger partial charge in [-0.2, -0.15) is 0 Å². The summed E-state index contributed by atoms with van der Waals surface area (Å²) in [6.07, 6.45) is 2.29. The Morgan fingerprint density at radius 1 is 1.67 bits per heavy atom. The van der Waals surface area contributed by atoms with Gasteiger partial charge in [0.15, 0.2) is 0 Å². The molecule has 0 bridgehead atoms. The second-order valence-electron chi connectivity index (χ2n) is 2.67. The molecule has 0 saturated carbocycles. The number of nitrogens with zero attached hydrogens (tertiary/aromatic N) is 1. The van der Waals surface area contributed by atoms with Crippen LogP contribution in [0.2, 0.25) is 0 Å². The van der Waals surface area contributed by atoms with E-state index in [1.54, 1.807) is 18.0 Å². The summed E-state index contributed by atoms with van der Waals surface area (Å²) in [6, 6.07) is 0. The van der Waals surface area contributed by atoms with Crippen molar-refractivity contribution in [2.75, 3.05) is 26.7 Å². The predicted octanol–water partition coefficient (Wildman–Crippen LogP) is 0.630. The van der Waals surface area contributed by atoms with Gasteiger partial charge in [-0.15, -0.1) is 6.58 Å². The highest BCUT2D eigenvalue weighted by Gasteiger charge is 2.04. The summed E-state index contributed by atoms with van der Waals surface area (Å²) < 4.78 is 0. The van der Waals surface area contributed by atoms with Gasteiger partial charge in [-0.05, 0) is 6.54 Å². The third-order valence-corrected chi connectivity index (χ3v) is 1.59. The highest BCUT2D eigenvalue weighted by atomic mass is 16.2. The number of amides is 1. The smallest absolute Gasteiger partial charge is 0.223 e. The fourth-order valence-corrected chi connectivity index (χ4v) is 0.858. The van der Waals surface area contributed by atoms with E-state index in [9.17, 15) is 4.79 Å². The molecule has 0 fully saturated rings. The lowest BCUT2D eigenvalue weighted by Gasteiger charge is -2.14. The van der Waals surface area contributed by atoms with Crippen molar-refractivity contribution in [1.82, 2.24) is 10.2 Å². The number of rotatable bonds is 6. The van der Waals surface area contributed by atoms with Gasteiger partial charge in [0.25, 0.3) is 0 Å². The van der Waals surface area contributed by atoms with Crippen molar-refractivity contribution in [1.29, 1.82) is 0 Å². The van der Waals surface area contributed by atoms with Crippen molar-refractivity contribution >= 4 is 5.91 Å². The molecule has 0 aliphatic heterocycles. The number of hydrogen-bond donors (Lipinski definition) is 1. The van der Waals surface area contributed by atoms with Crippen molar-refractivity contribution in [3.8, 4) is 0 Å². The lowest BCUT2D eigenvalue weighted by Crippen LogP contribution is -2.29. The molecule has 0 saturated heterocycles. The molecule has 3 nitrogen and oxygen atoms in total. The monoisotopic (exact) mass is 170 g/mol. The molecule has 0 spiro atoms. The van der Waals surface area contributed by atoms with Crippen molar-refractivity contribution in [2.24, 2.45) is 0 Å². The van der Waals surface area contributed by atoms with Gasteiger partial charge in [-0.25, -0.2) is 0 Å². The Morgan fingerprint density at radius 2 is 2.33 bits per heavy atom. The third kappa shape index (κ3) is 4.91. The van der Waals surface area contributed by atoms with Crippen LogP contribution in [0, 0.1) is 0 Å². The molecule has 0 unspecified atom stereocenters. The molecule has 0 aliphatic carbocycles. The van der Waals surface area contributed by atoms with E-state index in [0.717, 1.165) is 13.1 Å². The predicted molar refractivity (Wildman–Crippen MR) is 51.0 cm³/mol. The van der Waals surface area contributed by atoms with Crippen molar-refractivity contribution in [2.45, 2.75) is 13.3 Å². The Morgan fingerprint density at radius 3 is 2.83 bits per heavy atom. The van der Waals surface area contributed by atoms with Gasteiger partial charge in [-0.3, -0.25) is 4.79 Å². The second-order valence-corrected chi connectivity index (χ2v) is 2.67. The second kappa shape index (κ2) is 6.85. The Balaban J connectivity index is 3.49. The summed E-state index contributed by atoms with van der Waals surface area (Å²) in [7, 11) is 1.79. The van der Waals surface area contributed by atoms with E-state index in [0.29, 0.717) is 13.0 Å². The normalized spacial score (nSPS) is 9.50. The fraction of sp³-hybridized carbons (Fsp3) is 0.667. The zero-order valence-corrected chi connectivity index (χ0v) is 7.97. The van der Waals surface area contributed by atoms with Crippen LogP contribution < -0.4 is 5.32 Å². The lowest BCUT2D eigenvalue weighted by molar-refractivity contribution is -0.129. The van der Waals surface area contributed by atoms with Crippen LogP contribution in [0.3, 0.4) is 0 Å². The van der Waals surface area contributed by atoms with Crippen LogP contribution in [0.15, 0.2) is 12.7 Å². The number of carbonyl (C=O) groups is 1. The molecule has 0 aromatic rings. The van der Waals surface area contributed by atoms with Gasteiger partial charge in [0.1, 0.15) is 0 Å². The maximum atomic E-state index is 11.2. The van der Waals surface area contributed by atoms with Gasteiger partial charge in [0.2, 0.25) is 5.91 Å². The van der Waals surface area contributed by atoms with Crippen LogP contribution >= 0.6 is 0 Å². The first-order chi connectivity index (χ1) is 5.72. The first kappa shape index (κ1) is 11.2. The highest BCUT2D eigenvalue weighted by Crippen LogP contribution is 1.89. The Kier molecular flexibility index (Phi) is 6.38. The topological polar surface area (TPSA) is 32.3 Å². The maximum absolute atomic E-state index is 11.2. The van der Waals surface area contributed by atoms with Gasteiger partial charge in [0, 0.05) is 26.6 Å². The number of likely N-dealkylation sites (N-methyl/N-ethyl adjacent to an activating group) is 1. The fourth-order valence-electron chi connectivity index (χ4n) is 0.858. The highest BCUT2D eigenvalue weighted by molar-refractivity contribution is 5.76.